The smallest absolute Gasteiger partial charge is 0.407 e. The number of fused-ring (bicyclic) bond motifs is 6. The van der Waals surface area contributed by atoms with Gasteiger partial charge in [0, 0.05) is 30.7 Å². The number of aromatic nitrogens is 4. The van der Waals surface area contributed by atoms with E-state index in [0.717, 1.165) is 75.1 Å². The van der Waals surface area contributed by atoms with E-state index in [1.54, 1.807) is 0 Å². The number of alkyl carbamates (subject to hydrolysis) is 2. The van der Waals surface area contributed by atoms with Crippen molar-refractivity contribution in [3.8, 4) is 22.4 Å². The minimum absolute atomic E-state index is 0.0248. The van der Waals surface area contributed by atoms with Gasteiger partial charge in [0.1, 0.15) is 23.7 Å². The lowest BCUT2D eigenvalue weighted by atomic mass is 9.89. The maximum absolute atomic E-state index is 14.4. The van der Waals surface area contributed by atoms with E-state index in [9.17, 15) is 19.2 Å². The Morgan fingerprint density at radius 2 is 1.50 bits per heavy atom. The molecule has 4 aliphatic heterocycles. The van der Waals surface area contributed by atoms with Crippen LogP contribution in [0.1, 0.15) is 69.7 Å². The topological polar surface area (TPSA) is 184 Å². The highest BCUT2D eigenvalue weighted by atomic mass is 16.5. The summed E-state index contributed by atoms with van der Waals surface area (Å²) in [6.07, 6.45) is 4.97. The standard InChI is InChI=1S/C47H52N8O7/c1-22(2)36(52-46(58)60-3)44(56)55-40-33-34(40)35(33)41(55)43-49-31-14-11-27-19-26(10-13-30(27)38(31)51-43)23-5-7-24(8-6-23)32-21-48-42(50-32)39-28-9-12-29(20-28)54(39)45(57)37(53-47(59)61-4)25-15-17-62-18-16-25/h5-8,10-11,13-14,19,21-22,25,28-29,33-37,39-41H,9,12,15-18,20H2,1-4H3,(H,48,50)(H,49,51)(H,52,58)(H,53,59)/t28-,29+,33+,34?,35?,36-,37-,39-,40?,41-/m0/s1. The van der Waals surface area contributed by atoms with Crippen LogP contribution in [-0.4, -0.2) is 105 Å². The average Bonchev–Trinajstić information content (AvgIpc) is 3.74. The van der Waals surface area contributed by atoms with Crippen LogP contribution in [0.2, 0.25) is 0 Å². The van der Waals surface area contributed by atoms with Crippen LogP contribution in [0.3, 0.4) is 0 Å². The van der Waals surface area contributed by atoms with Gasteiger partial charge < -0.3 is 44.6 Å². The maximum atomic E-state index is 14.4. The van der Waals surface area contributed by atoms with E-state index in [-0.39, 0.29) is 47.8 Å². The molecule has 3 aromatic carbocycles. The number of carbonyl (C=O) groups is 4. The number of piperidine rings is 2. The summed E-state index contributed by atoms with van der Waals surface area (Å²) < 4.78 is 15.3. The van der Waals surface area contributed by atoms with Crippen LogP contribution < -0.4 is 10.6 Å². The number of imidazole rings is 2. The molecule has 7 fully saturated rings. The number of rotatable bonds is 10. The Hall–Kier alpha value is -5.96. The lowest BCUT2D eigenvalue weighted by Gasteiger charge is -2.39. The summed E-state index contributed by atoms with van der Waals surface area (Å²) in [7, 11) is 2.64. The Bertz CT molecular complexity index is 2590. The summed E-state index contributed by atoms with van der Waals surface area (Å²) in [5.74, 6) is 3.05. The van der Waals surface area contributed by atoms with Crippen molar-refractivity contribution in [1.82, 2.24) is 40.4 Å². The predicted octanol–water partition coefficient (Wildman–Crippen LogP) is 6.48. The first-order valence-corrected chi connectivity index (χ1v) is 22.1. The molecule has 10 atom stereocenters. The quantitative estimate of drug-likeness (QED) is 0.122. The fourth-order valence-electron chi connectivity index (χ4n) is 11.7. The lowest BCUT2D eigenvalue weighted by Crippen LogP contribution is -2.55. The number of carbonyl (C=O) groups excluding carboxylic acids is 4. The summed E-state index contributed by atoms with van der Waals surface area (Å²) in [6, 6.07) is 17.7. The van der Waals surface area contributed by atoms with Crippen molar-refractivity contribution in [2.45, 2.75) is 82.2 Å². The Labute approximate surface area is 358 Å². The molecule has 3 aliphatic carbocycles. The van der Waals surface area contributed by atoms with E-state index in [4.69, 9.17) is 24.2 Å². The number of nitrogens with zero attached hydrogens (tertiary/aromatic N) is 4. The second-order valence-electron chi connectivity index (χ2n) is 18.5. The van der Waals surface area contributed by atoms with Gasteiger partial charge in [0.15, 0.2) is 0 Å². The van der Waals surface area contributed by atoms with Crippen LogP contribution in [0.4, 0.5) is 9.59 Å². The molecule has 4 amide bonds. The molecule has 4 N–H and O–H groups in total. The fraction of sp³-hybridized carbons (Fsp3) is 0.489. The molecule has 15 heteroatoms. The molecule has 4 saturated heterocycles. The summed E-state index contributed by atoms with van der Waals surface area (Å²) >= 11 is 0. The van der Waals surface area contributed by atoms with Crippen molar-refractivity contribution in [3.63, 3.8) is 0 Å². The van der Waals surface area contributed by atoms with Gasteiger partial charge in [-0.15, -0.1) is 0 Å². The third kappa shape index (κ3) is 6.24. The molecule has 2 aromatic heterocycles. The predicted molar refractivity (Wildman–Crippen MR) is 228 cm³/mol. The third-order valence-electron chi connectivity index (χ3n) is 14.9. The highest BCUT2D eigenvalue weighted by molar-refractivity contribution is 6.05. The van der Waals surface area contributed by atoms with Crippen molar-refractivity contribution in [3.05, 3.63) is 72.4 Å². The first-order chi connectivity index (χ1) is 30.1. The Kier molecular flexibility index (Phi) is 9.32. The van der Waals surface area contributed by atoms with E-state index >= 15 is 0 Å². The molecular weight excluding hydrogens is 789 g/mol. The van der Waals surface area contributed by atoms with Gasteiger partial charge in [0.2, 0.25) is 11.8 Å². The second kappa shape index (κ2) is 14.8. The number of likely N-dealkylation sites (tertiary alicyclic amines) is 1. The van der Waals surface area contributed by atoms with Crippen LogP contribution in [-0.2, 0) is 23.8 Å². The Morgan fingerprint density at radius 1 is 0.774 bits per heavy atom. The summed E-state index contributed by atoms with van der Waals surface area (Å²) in [4.78, 5) is 74.1. The van der Waals surface area contributed by atoms with Crippen molar-refractivity contribution in [2.75, 3.05) is 27.4 Å². The Morgan fingerprint density at radius 3 is 2.24 bits per heavy atom. The molecule has 7 aliphatic rings. The molecule has 6 heterocycles. The van der Waals surface area contributed by atoms with Gasteiger partial charge in [-0.05, 0) is 102 Å². The van der Waals surface area contributed by atoms with Crippen LogP contribution in [0, 0.1) is 35.5 Å². The normalized spacial score (nSPS) is 28.0. The SMILES string of the molecule is COC(=O)N[C@H](C(=O)N1C2C3C([C@@H]32)[C@H]1c1nc2c(ccc3cc(-c4ccc(-c5cnc([C@@H]6[C@H]7CC[C@H](C7)N6C(=O)[C@@H](NC(=O)OC)C6CCOCC6)[nH]5)cc4)ccc32)[nH]1)C(C)C. The van der Waals surface area contributed by atoms with Crippen LogP contribution in [0.25, 0.3) is 44.2 Å². The van der Waals surface area contributed by atoms with E-state index < -0.39 is 24.3 Å². The first kappa shape index (κ1) is 38.9. The largest absolute Gasteiger partial charge is 0.453 e. The fourth-order valence-corrected chi connectivity index (χ4v) is 11.7. The van der Waals surface area contributed by atoms with E-state index in [1.165, 1.54) is 14.2 Å². The minimum Gasteiger partial charge on any atom is -0.453 e. The third-order valence-corrected chi connectivity index (χ3v) is 14.9. The van der Waals surface area contributed by atoms with Gasteiger partial charge >= 0.3 is 12.2 Å². The summed E-state index contributed by atoms with van der Waals surface area (Å²) in [5.41, 5.74) is 5.83. The molecular formula is C47H52N8O7. The zero-order valence-corrected chi connectivity index (χ0v) is 35.3. The number of H-pyrrole nitrogens is 2. The van der Waals surface area contributed by atoms with Gasteiger partial charge in [0.05, 0.1) is 49.2 Å². The van der Waals surface area contributed by atoms with Crippen LogP contribution >= 0.6 is 0 Å². The van der Waals surface area contributed by atoms with Gasteiger partial charge in [-0.1, -0.05) is 56.3 Å². The average molecular weight is 841 g/mol. The first-order valence-electron chi connectivity index (χ1n) is 22.1. The Balaban J connectivity index is 0.817. The molecule has 322 valence electrons. The lowest BCUT2D eigenvalue weighted by molar-refractivity contribution is -0.140. The number of ether oxygens (including phenoxy) is 3. The van der Waals surface area contributed by atoms with Gasteiger partial charge in [-0.25, -0.2) is 19.6 Å². The number of benzene rings is 3. The number of aromatic amines is 2. The molecule has 4 bridgehead atoms. The molecule has 0 radical (unpaired) electrons. The minimum atomic E-state index is -0.679. The van der Waals surface area contributed by atoms with Crippen LogP contribution in [0.15, 0.2) is 60.8 Å². The van der Waals surface area contributed by atoms with E-state index in [2.05, 4.69) is 75.2 Å². The van der Waals surface area contributed by atoms with Gasteiger partial charge in [0.25, 0.3) is 0 Å². The van der Waals surface area contributed by atoms with Crippen molar-refractivity contribution >= 4 is 45.8 Å². The molecule has 15 nitrogen and oxygen atoms in total. The monoisotopic (exact) mass is 840 g/mol. The number of methoxy groups -OCH3 is 2. The zero-order valence-electron chi connectivity index (χ0n) is 35.3. The van der Waals surface area contributed by atoms with Crippen LogP contribution in [0.5, 0.6) is 0 Å². The molecule has 5 aromatic rings. The highest BCUT2D eigenvalue weighted by Crippen LogP contribution is 2.81. The van der Waals surface area contributed by atoms with Crippen molar-refractivity contribution in [1.29, 1.82) is 0 Å². The molecule has 3 saturated carbocycles. The summed E-state index contributed by atoms with van der Waals surface area (Å²) in [6.45, 7) is 5.00. The molecule has 62 heavy (non-hydrogen) atoms. The maximum Gasteiger partial charge on any atom is 0.407 e. The number of nitrogens with one attached hydrogen (secondary N) is 4. The number of hydrogen-bond acceptors (Lipinski definition) is 9. The number of hydrogen-bond donors (Lipinski definition) is 4. The number of amides is 4. The zero-order chi connectivity index (χ0) is 42.6. The van der Waals surface area contributed by atoms with Crippen molar-refractivity contribution in [2.24, 2.45) is 35.5 Å². The molecule has 12 rings (SSSR count). The summed E-state index contributed by atoms with van der Waals surface area (Å²) in [5, 5.41) is 7.74. The van der Waals surface area contributed by atoms with E-state index in [1.807, 2.05) is 29.8 Å². The van der Waals surface area contributed by atoms with Crippen molar-refractivity contribution < 1.29 is 33.4 Å². The second-order valence-corrected chi connectivity index (χ2v) is 18.5. The van der Waals surface area contributed by atoms with Gasteiger partial charge in [-0.3, -0.25) is 9.59 Å². The van der Waals surface area contributed by atoms with Gasteiger partial charge in [-0.2, -0.15) is 0 Å². The van der Waals surface area contributed by atoms with E-state index in [0.29, 0.717) is 49.7 Å². The molecule has 3 unspecified atom stereocenters. The molecule has 0 spiro atoms. The highest BCUT2D eigenvalue weighted by Gasteiger charge is 2.86.